The zero-order chi connectivity index (χ0) is 17.8. The third kappa shape index (κ3) is 3.76. The molecule has 1 atom stereocenters. The Labute approximate surface area is 145 Å². The molecule has 0 radical (unpaired) electrons. The van der Waals surface area contributed by atoms with Crippen LogP contribution in [0.4, 0.5) is 5.95 Å². The van der Waals surface area contributed by atoms with E-state index in [1.807, 2.05) is 17.0 Å². The van der Waals surface area contributed by atoms with Gasteiger partial charge in [0.05, 0.1) is 11.1 Å². The fourth-order valence-electron chi connectivity index (χ4n) is 3.08. The molecule has 7 nitrogen and oxygen atoms in total. The van der Waals surface area contributed by atoms with E-state index in [0.29, 0.717) is 24.6 Å². The molecule has 1 saturated heterocycles. The van der Waals surface area contributed by atoms with Gasteiger partial charge in [-0.1, -0.05) is 12.1 Å². The Morgan fingerprint density at radius 1 is 1.16 bits per heavy atom. The Bertz CT molecular complexity index is 759. The van der Waals surface area contributed by atoms with Crippen LogP contribution >= 0.6 is 0 Å². The predicted molar refractivity (Wildman–Crippen MR) is 92.9 cm³/mol. The van der Waals surface area contributed by atoms with E-state index in [0.717, 1.165) is 18.4 Å². The number of nitrogens with zero attached hydrogens (tertiary/aromatic N) is 3. The maximum Gasteiger partial charge on any atom is 0.335 e. The van der Waals surface area contributed by atoms with Crippen molar-refractivity contribution in [1.29, 1.82) is 0 Å². The van der Waals surface area contributed by atoms with E-state index >= 15 is 0 Å². The lowest BCUT2D eigenvalue weighted by molar-refractivity contribution is 0.0693. The maximum absolute atomic E-state index is 12.7. The van der Waals surface area contributed by atoms with Crippen LogP contribution in [0.2, 0.25) is 0 Å². The smallest absolute Gasteiger partial charge is 0.335 e. The van der Waals surface area contributed by atoms with Gasteiger partial charge in [0, 0.05) is 38.4 Å². The van der Waals surface area contributed by atoms with Gasteiger partial charge in [-0.15, -0.1) is 0 Å². The zero-order valence-electron chi connectivity index (χ0n) is 14.0. The minimum absolute atomic E-state index is 0.0745. The number of carboxylic acids is 1. The number of carbonyl (C=O) groups excluding carboxylic acids is 1. The molecule has 7 heteroatoms. The van der Waals surface area contributed by atoms with Gasteiger partial charge in [0.1, 0.15) is 0 Å². The molecule has 2 heterocycles. The van der Waals surface area contributed by atoms with Gasteiger partial charge >= 0.3 is 5.97 Å². The Hall–Kier alpha value is -2.96. The number of piperidine rings is 1. The first-order valence-electron chi connectivity index (χ1n) is 8.21. The molecule has 1 fully saturated rings. The lowest BCUT2D eigenvalue weighted by Crippen LogP contribution is -2.39. The second kappa shape index (κ2) is 7.29. The molecule has 1 amide bonds. The highest BCUT2D eigenvalue weighted by molar-refractivity contribution is 5.93. The number of nitrogens with one attached hydrogen (secondary N) is 1. The summed E-state index contributed by atoms with van der Waals surface area (Å²) in [5.41, 5.74) is 1.81. The lowest BCUT2D eigenvalue weighted by atomic mass is 9.90. The molecular weight excluding hydrogens is 320 g/mol. The van der Waals surface area contributed by atoms with Gasteiger partial charge in [0.2, 0.25) is 5.95 Å². The molecule has 0 unspecified atom stereocenters. The van der Waals surface area contributed by atoms with E-state index in [1.165, 1.54) is 12.4 Å². The second-order valence-corrected chi connectivity index (χ2v) is 6.06. The van der Waals surface area contributed by atoms with E-state index in [-0.39, 0.29) is 17.4 Å². The van der Waals surface area contributed by atoms with Gasteiger partial charge in [0.15, 0.2) is 0 Å². The molecule has 2 N–H and O–H groups in total. The van der Waals surface area contributed by atoms with E-state index < -0.39 is 5.97 Å². The second-order valence-electron chi connectivity index (χ2n) is 6.06. The fraction of sp³-hybridized carbons (Fsp3) is 0.333. The monoisotopic (exact) mass is 340 g/mol. The summed E-state index contributed by atoms with van der Waals surface area (Å²) in [6.45, 7) is 1.31. The Balaban J connectivity index is 1.71. The van der Waals surface area contributed by atoms with Gasteiger partial charge < -0.3 is 15.3 Å². The first kappa shape index (κ1) is 16.9. The molecule has 0 bridgehead atoms. The molecule has 0 saturated carbocycles. The van der Waals surface area contributed by atoms with E-state index in [1.54, 1.807) is 19.2 Å². The summed E-state index contributed by atoms with van der Waals surface area (Å²) in [4.78, 5) is 33.6. The van der Waals surface area contributed by atoms with Crippen molar-refractivity contribution in [3.05, 3.63) is 53.3 Å². The SMILES string of the molecule is CNc1ncc(C(=O)N2CCC[C@@H](c3ccc(C(=O)O)cc3)C2)cn1. The highest BCUT2D eigenvalue weighted by Crippen LogP contribution is 2.28. The predicted octanol–water partition coefficient (Wildman–Crippen LogP) is 2.24. The summed E-state index contributed by atoms with van der Waals surface area (Å²) in [7, 11) is 1.72. The van der Waals surface area contributed by atoms with Crippen molar-refractivity contribution in [2.45, 2.75) is 18.8 Å². The maximum atomic E-state index is 12.7. The first-order chi connectivity index (χ1) is 12.1. The van der Waals surface area contributed by atoms with Crippen molar-refractivity contribution in [3.63, 3.8) is 0 Å². The van der Waals surface area contributed by atoms with E-state index in [2.05, 4.69) is 15.3 Å². The van der Waals surface area contributed by atoms with Gasteiger partial charge in [-0.05, 0) is 30.5 Å². The van der Waals surface area contributed by atoms with Crippen LogP contribution in [0.25, 0.3) is 0 Å². The number of likely N-dealkylation sites (tertiary alicyclic amines) is 1. The Morgan fingerprint density at radius 2 is 1.84 bits per heavy atom. The van der Waals surface area contributed by atoms with Crippen LogP contribution in [0.1, 0.15) is 45.0 Å². The first-order valence-corrected chi connectivity index (χ1v) is 8.21. The zero-order valence-corrected chi connectivity index (χ0v) is 14.0. The number of aromatic nitrogens is 2. The van der Waals surface area contributed by atoms with Crippen molar-refractivity contribution in [1.82, 2.24) is 14.9 Å². The lowest BCUT2D eigenvalue weighted by Gasteiger charge is -2.33. The number of hydrogen-bond acceptors (Lipinski definition) is 5. The number of anilines is 1. The average molecular weight is 340 g/mol. The van der Waals surface area contributed by atoms with Crippen LogP contribution in [0.15, 0.2) is 36.7 Å². The summed E-state index contributed by atoms with van der Waals surface area (Å²) in [5.74, 6) is -0.323. The minimum atomic E-state index is -0.933. The highest BCUT2D eigenvalue weighted by atomic mass is 16.4. The quantitative estimate of drug-likeness (QED) is 0.886. The highest BCUT2D eigenvalue weighted by Gasteiger charge is 2.26. The Kier molecular flexibility index (Phi) is 4.92. The largest absolute Gasteiger partial charge is 0.478 e. The van der Waals surface area contributed by atoms with Crippen molar-refractivity contribution in [2.24, 2.45) is 0 Å². The topological polar surface area (TPSA) is 95.4 Å². The van der Waals surface area contributed by atoms with Crippen LogP contribution < -0.4 is 5.32 Å². The molecular formula is C18H20N4O3. The van der Waals surface area contributed by atoms with Crippen molar-refractivity contribution >= 4 is 17.8 Å². The molecule has 1 aliphatic rings. The van der Waals surface area contributed by atoms with Crippen LogP contribution in [0.3, 0.4) is 0 Å². The molecule has 25 heavy (non-hydrogen) atoms. The molecule has 130 valence electrons. The van der Waals surface area contributed by atoms with Gasteiger partial charge in [-0.3, -0.25) is 4.79 Å². The molecule has 2 aromatic rings. The number of aromatic carboxylic acids is 1. The van der Waals surface area contributed by atoms with Crippen LogP contribution in [-0.2, 0) is 0 Å². The number of benzene rings is 1. The van der Waals surface area contributed by atoms with Crippen molar-refractivity contribution < 1.29 is 14.7 Å². The molecule has 3 rings (SSSR count). The van der Waals surface area contributed by atoms with E-state index in [9.17, 15) is 9.59 Å². The molecule has 0 aliphatic carbocycles. The number of hydrogen-bond donors (Lipinski definition) is 2. The number of carbonyl (C=O) groups is 2. The molecule has 1 aliphatic heterocycles. The van der Waals surface area contributed by atoms with E-state index in [4.69, 9.17) is 5.11 Å². The van der Waals surface area contributed by atoms with Crippen LogP contribution in [-0.4, -0.2) is 52.0 Å². The summed E-state index contributed by atoms with van der Waals surface area (Å²) in [5, 5.41) is 11.8. The number of carboxylic acid groups (broad SMARTS) is 1. The van der Waals surface area contributed by atoms with Gasteiger partial charge in [0.25, 0.3) is 5.91 Å². The summed E-state index contributed by atoms with van der Waals surface area (Å²) >= 11 is 0. The Morgan fingerprint density at radius 3 is 2.44 bits per heavy atom. The normalized spacial score (nSPS) is 17.2. The summed E-state index contributed by atoms with van der Waals surface area (Å²) in [6.07, 6.45) is 4.96. The average Bonchev–Trinajstić information content (AvgIpc) is 2.67. The van der Waals surface area contributed by atoms with Crippen molar-refractivity contribution in [3.8, 4) is 0 Å². The van der Waals surface area contributed by atoms with Crippen molar-refractivity contribution in [2.75, 3.05) is 25.5 Å². The molecule has 1 aromatic heterocycles. The van der Waals surface area contributed by atoms with Crippen LogP contribution in [0.5, 0.6) is 0 Å². The fourth-order valence-corrected chi connectivity index (χ4v) is 3.08. The number of rotatable bonds is 4. The summed E-state index contributed by atoms with van der Waals surface area (Å²) < 4.78 is 0. The molecule has 1 aromatic carbocycles. The minimum Gasteiger partial charge on any atom is -0.478 e. The third-order valence-electron chi connectivity index (χ3n) is 4.46. The standard InChI is InChI=1S/C18H20N4O3/c1-19-18-20-9-15(10-21-18)16(23)22-8-2-3-14(11-22)12-4-6-13(7-5-12)17(24)25/h4-7,9-10,14H,2-3,8,11H2,1H3,(H,24,25)(H,19,20,21)/t14-/m1/s1. The van der Waals surface area contributed by atoms with Gasteiger partial charge in [-0.25, -0.2) is 14.8 Å². The summed E-state index contributed by atoms with van der Waals surface area (Å²) in [6, 6.07) is 6.91. The van der Waals surface area contributed by atoms with Crippen LogP contribution in [0, 0.1) is 0 Å². The third-order valence-corrected chi connectivity index (χ3v) is 4.46. The molecule has 0 spiro atoms. The van der Waals surface area contributed by atoms with Gasteiger partial charge in [-0.2, -0.15) is 0 Å². The number of amides is 1.